The third-order valence-corrected chi connectivity index (χ3v) is 6.74. The van der Waals surface area contributed by atoms with Gasteiger partial charge in [0.2, 0.25) is 0 Å². The molecule has 1 aliphatic heterocycles. The molecule has 174 valence electrons. The number of hydrogen-bond acceptors (Lipinski definition) is 4. The van der Waals surface area contributed by atoms with Crippen molar-refractivity contribution in [1.29, 1.82) is 5.26 Å². The number of nitrogens with one attached hydrogen (secondary N) is 1. The molecule has 4 heteroatoms. The van der Waals surface area contributed by atoms with E-state index in [0.29, 0.717) is 18.2 Å². The maximum absolute atomic E-state index is 9.83. The van der Waals surface area contributed by atoms with Crippen LogP contribution in [0.4, 0.5) is 0 Å². The first-order valence-electron chi connectivity index (χ1n) is 12.2. The summed E-state index contributed by atoms with van der Waals surface area (Å²) in [6, 6.07) is 35.9. The molecule has 0 saturated carbocycles. The second-order valence-corrected chi connectivity index (χ2v) is 9.12. The largest absolute Gasteiger partial charge is 0.364 e. The predicted molar refractivity (Wildman–Crippen MR) is 142 cm³/mol. The first-order valence-corrected chi connectivity index (χ1v) is 12.2. The van der Waals surface area contributed by atoms with Gasteiger partial charge in [-0.3, -0.25) is 4.98 Å². The summed E-state index contributed by atoms with van der Waals surface area (Å²) in [4.78, 5) is 4.32. The van der Waals surface area contributed by atoms with Gasteiger partial charge in [0, 0.05) is 36.1 Å². The van der Waals surface area contributed by atoms with Gasteiger partial charge in [-0.2, -0.15) is 5.26 Å². The van der Waals surface area contributed by atoms with E-state index in [1.807, 2.05) is 48.7 Å². The van der Waals surface area contributed by atoms with Crippen LogP contribution in [0.2, 0.25) is 0 Å². The summed E-state index contributed by atoms with van der Waals surface area (Å²) in [5.41, 5.74) is 7.06. The van der Waals surface area contributed by atoms with E-state index in [-0.39, 0.29) is 6.10 Å². The van der Waals surface area contributed by atoms with E-state index in [4.69, 9.17) is 4.74 Å². The van der Waals surface area contributed by atoms with Crippen LogP contribution < -0.4 is 5.32 Å². The average Bonchev–Trinajstić information content (AvgIpc) is 3.79. The Balaban J connectivity index is 1.32. The molecule has 1 aromatic heterocycles. The maximum Gasteiger partial charge on any atom is 0.109 e. The van der Waals surface area contributed by atoms with Crippen LogP contribution in [0.15, 0.2) is 109 Å². The molecule has 0 radical (unpaired) electrons. The molecule has 1 N–H and O–H groups in total. The highest BCUT2D eigenvalue weighted by atomic mass is 16.5. The van der Waals surface area contributed by atoms with Crippen LogP contribution in [0.1, 0.15) is 40.0 Å². The third kappa shape index (κ3) is 4.50. The third-order valence-electron chi connectivity index (χ3n) is 6.74. The number of benzene rings is 4. The monoisotopic (exact) mass is 467 g/mol. The standard InChI is InChI=1S/C32H25N3O/c33-18-26-11-10-22(17-30(26)29-9-3-6-23-5-1-2-8-28(23)29)21-36-32(27-7-4-16-34-19-27)25-14-12-24(13-15-25)31-20-35-31/h1-17,19,31-32,35H,20-21H2. The molecule has 0 bridgehead atoms. The summed E-state index contributed by atoms with van der Waals surface area (Å²) in [7, 11) is 0. The van der Waals surface area contributed by atoms with Gasteiger partial charge in [0.1, 0.15) is 6.10 Å². The molecule has 2 atom stereocenters. The summed E-state index contributed by atoms with van der Waals surface area (Å²) in [6.07, 6.45) is 3.40. The summed E-state index contributed by atoms with van der Waals surface area (Å²) in [6.45, 7) is 1.45. The van der Waals surface area contributed by atoms with E-state index >= 15 is 0 Å². The maximum atomic E-state index is 9.83. The SMILES string of the molecule is N#Cc1ccc(COC(c2ccc(C3CN3)cc2)c2cccnc2)cc1-c1cccc2ccccc12. The first kappa shape index (κ1) is 22.2. The summed E-state index contributed by atoms with van der Waals surface area (Å²) in [5, 5.41) is 15.5. The normalized spacial score (nSPS) is 15.4. The van der Waals surface area contributed by atoms with E-state index in [1.54, 1.807) is 6.20 Å². The fourth-order valence-corrected chi connectivity index (χ4v) is 4.76. The molecule has 5 aromatic rings. The van der Waals surface area contributed by atoms with E-state index in [0.717, 1.165) is 45.1 Å². The number of ether oxygens (including phenoxy) is 1. The summed E-state index contributed by atoms with van der Waals surface area (Å²) in [5.74, 6) is 0. The lowest BCUT2D eigenvalue weighted by Crippen LogP contribution is -2.07. The summed E-state index contributed by atoms with van der Waals surface area (Å²) >= 11 is 0. The van der Waals surface area contributed by atoms with Gasteiger partial charge in [-0.25, -0.2) is 0 Å². The van der Waals surface area contributed by atoms with Gasteiger partial charge >= 0.3 is 0 Å². The fraction of sp³-hybridized carbons (Fsp3) is 0.125. The zero-order valence-electron chi connectivity index (χ0n) is 19.8. The molecular weight excluding hydrogens is 442 g/mol. The Morgan fingerprint density at radius 2 is 1.72 bits per heavy atom. The molecule has 1 aliphatic rings. The van der Waals surface area contributed by atoms with Crippen molar-refractivity contribution in [2.24, 2.45) is 0 Å². The van der Waals surface area contributed by atoms with Crippen LogP contribution in [0.25, 0.3) is 21.9 Å². The second-order valence-electron chi connectivity index (χ2n) is 9.12. The van der Waals surface area contributed by atoms with Crippen LogP contribution in [-0.2, 0) is 11.3 Å². The van der Waals surface area contributed by atoms with Crippen molar-refractivity contribution in [1.82, 2.24) is 10.3 Å². The molecule has 0 aliphatic carbocycles. The van der Waals surface area contributed by atoms with Gasteiger partial charge in [-0.05, 0) is 51.2 Å². The molecule has 4 nitrogen and oxygen atoms in total. The highest BCUT2D eigenvalue weighted by Gasteiger charge is 2.23. The molecule has 6 rings (SSSR count). The van der Waals surface area contributed by atoms with Gasteiger partial charge in [0.05, 0.1) is 18.2 Å². The Bertz CT molecular complexity index is 1550. The smallest absolute Gasteiger partial charge is 0.109 e. The number of aromatic nitrogens is 1. The molecule has 1 fully saturated rings. The van der Waals surface area contributed by atoms with Gasteiger partial charge in [-0.1, -0.05) is 78.9 Å². The Kier molecular flexibility index (Phi) is 6.01. The zero-order valence-corrected chi connectivity index (χ0v) is 19.8. The highest BCUT2D eigenvalue weighted by Crippen LogP contribution is 2.33. The van der Waals surface area contributed by atoms with E-state index < -0.39 is 0 Å². The Morgan fingerprint density at radius 3 is 2.50 bits per heavy atom. The molecule has 36 heavy (non-hydrogen) atoms. The van der Waals surface area contributed by atoms with Crippen molar-refractivity contribution in [3.05, 3.63) is 137 Å². The van der Waals surface area contributed by atoms with Crippen molar-refractivity contribution >= 4 is 10.8 Å². The molecule has 0 amide bonds. The van der Waals surface area contributed by atoms with Crippen LogP contribution in [0.3, 0.4) is 0 Å². The molecule has 2 unspecified atom stereocenters. The number of nitrogens with zero attached hydrogens (tertiary/aromatic N) is 2. The van der Waals surface area contributed by atoms with Crippen molar-refractivity contribution in [3.8, 4) is 17.2 Å². The number of nitriles is 1. The molecule has 0 spiro atoms. The second kappa shape index (κ2) is 9.75. The fourth-order valence-electron chi connectivity index (χ4n) is 4.76. The first-order chi connectivity index (χ1) is 17.8. The minimum atomic E-state index is -0.239. The lowest BCUT2D eigenvalue weighted by Gasteiger charge is -2.20. The number of rotatable bonds is 7. The molecule has 2 heterocycles. The highest BCUT2D eigenvalue weighted by molar-refractivity contribution is 5.97. The van der Waals surface area contributed by atoms with Crippen molar-refractivity contribution in [2.45, 2.75) is 18.8 Å². The van der Waals surface area contributed by atoms with Gasteiger partial charge < -0.3 is 10.1 Å². The van der Waals surface area contributed by atoms with Crippen molar-refractivity contribution < 1.29 is 4.74 Å². The molecular formula is C32H25N3O. The van der Waals surface area contributed by atoms with E-state index in [2.05, 4.69) is 71.0 Å². The van der Waals surface area contributed by atoms with Crippen LogP contribution in [0, 0.1) is 11.3 Å². The molecule has 4 aromatic carbocycles. The van der Waals surface area contributed by atoms with Crippen LogP contribution in [-0.4, -0.2) is 11.5 Å². The van der Waals surface area contributed by atoms with Gasteiger partial charge in [-0.15, -0.1) is 0 Å². The minimum absolute atomic E-state index is 0.239. The van der Waals surface area contributed by atoms with Crippen molar-refractivity contribution in [3.63, 3.8) is 0 Å². The van der Waals surface area contributed by atoms with Crippen molar-refractivity contribution in [2.75, 3.05) is 6.54 Å². The lowest BCUT2D eigenvalue weighted by molar-refractivity contribution is 0.0665. The minimum Gasteiger partial charge on any atom is -0.364 e. The Hall–Kier alpha value is -4.30. The van der Waals surface area contributed by atoms with Gasteiger partial charge in [0.15, 0.2) is 0 Å². The Morgan fingerprint density at radius 1 is 0.889 bits per heavy atom. The van der Waals surface area contributed by atoms with E-state index in [9.17, 15) is 5.26 Å². The number of pyridine rings is 1. The van der Waals surface area contributed by atoms with E-state index in [1.165, 1.54) is 5.56 Å². The topological polar surface area (TPSA) is 67.8 Å². The Labute approximate surface area is 210 Å². The quantitative estimate of drug-likeness (QED) is 0.270. The number of hydrogen-bond donors (Lipinski definition) is 1. The lowest BCUT2D eigenvalue weighted by atomic mass is 9.93. The van der Waals surface area contributed by atoms with Crippen LogP contribution >= 0.6 is 0 Å². The predicted octanol–water partition coefficient (Wildman–Crippen LogP) is 6.72. The van der Waals surface area contributed by atoms with Gasteiger partial charge in [0.25, 0.3) is 0 Å². The van der Waals surface area contributed by atoms with Crippen LogP contribution in [0.5, 0.6) is 0 Å². The summed E-state index contributed by atoms with van der Waals surface area (Å²) < 4.78 is 6.53. The average molecular weight is 468 g/mol. The zero-order chi connectivity index (χ0) is 24.3. The number of fused-ring (bicyclic) bond motifs is 1. The molecule has 1 saturated heterocycles.